The number of ether oxygens (including phenoxy) is 1. The lowest BCUT2D eigenvalue weighted by atomic mass is 10.1. The quantitative estimate of drug-likeness (QED) is 0.367. The van der Waals surface area contributed by atoms with Crippen molar-refractivity contribution < 1.29 is 4.74 Å². The molecule has 1 atom stereocenters. The van der Waals surface area contributed by atoms with Crippen LogP contribution in [-0.2, 0) is 13.2 Å². The Morgan fingerprint density at radius 3 is 2.00 bits per heavy atom. The van der Waals surface area contributed by atoms with Gasteiger partial charge in [-0.15, -0.1) is 12.4 Å². The zero-order valence-electron chi connectivity index (χ0n) is 15.0. The first-order valence-corrected chi connectivity index (χ1v) is 10.1. The highest BCUT2D eigenvalue weighted by molar-refractivity contribution is 9.11. The highest BCUT2D eigenvalue weighted by atomic mass is 79.9. The third-order valence-electron chi connectivity index (χ3n) is 4.20. The first-order chi connectivity index (χ1) is 12.6. The fourth-order valence-corrected chi connectivity index (χ4v) is 4.22. The average Bonchev–Trinajstić information content (AvgIpc) is 2.67. The van der Waals surface area contributed by atoms with Crippen LogP contribution in [0.2, 0.25) is 0 Å². The van der Waals surface area contributed by atoms with Gasteiger partial charge in [0.25, 0.3) is 0 Å². The van der Waals surface area contributed by atoms with Gasteiger partial charge in [-0.2, -0.15) is 0 Å². The summed E-state index contributed by atoms with van der Waals surface area (Å²) in [6.07, 6.45) is 0. The summed E-state index contributed by atoms with van der Waals surface area (Å²) >= 11 is 7.28. The number of hydrogen-bond acceptors (Lipinski definition) is 2. The summed E-state index contributed by atoms with van der Waals surface area (Å²) in [5.41, 5.74) is 3.63. The van der Waals surface area contributed by atoms with Gasteiger partial charge in [-0.05, 0) is 67.6 Å². The van der Waals surface area contributed by atoms with Crippen LogP contribution < -0.4 is 10.1 Å². The van der Waals surface area contributed by atoms with Crippen LogP contribution in [-0.4, -0.2) is 0 Å². The van der Waals surface area contributed by atoms with E-state index in [9.17, 15) is 0 Å². The second-order valence-corrected chi connectivity index (χ2v) is 7.88. The zero-order valence-corrected chi connectivity index (χ0v) is 19.0. The second kappa shape index (κ2) is 10.9. The van der Waals surface area contributed by atoms with E-state index in [1.807, 2.05) is 24.3 Å². The highest BCUT2D eigenvalue weighted by Crippen LogP contribution is 2.35. The number of rotatable bonds is 7. The van der Waals surface area contributed by atoms with Crippen molar-refractivity contribution in [1.29, 1.82) is 0 Å². The summed E-state index contributed by atoms with van der Waals surface area (Å²) in [5.74, 6) is 0.828. The van der Waals surface area contributed by atoms with E-state index in [4.69, 9.17) is 4.74 Å². The molecule has 1 N–H and O–H groups in total. The number of hydrogen-bond donors (Lipinski definition) is 1. The summed E-state index contributed by atoms with van der Waals surface area (Å²) < 4.78 is 7.89. The van der Waals surface area contributed by atoms with E-state index in [1.54, 1.807) is 0 Å². The number of benzene rings is 3. The Morgan fingerprint density at radius 2 is 1.41 bits per heavy atom. The predicted molar refractivity (Wildman–Crippen MR) is 122 cm³/mol. The SMILES string of the molecule is CC(NCc1cc(Br)c(OCc2ccccc2)c(Br)c1)c1ccccc1.Cl. The third kappa shape index (κ3) is 6.35. The minimum Gasteiger partial charge on any atom is -0.487 e. The van der Waals surface area contributed by atoms with Crippen LogP contribution in [0.5, 0.6) is 5.75 Å². The van der Waals surface area contributed by atoms with Crippen LogP contribution in [0.15, 0.2) is 81.7 Å². The van der Waals surface area contributed by atoms with E-state index in [1.165, 1.54) is 11.1 Å². The Bertz CT molecular complexity index is 820. The molecule has 5 heteroatoms. The van der Waals surface area contributed by atoms with E-state index in [0.717, 1.165) is 26.8 Å². The van der Waals surface area contributed by atoms with Gasteiger partial charge in [0, 0.05) is 12.6 Å². The number of nitrogens with one attached hydrogen (secondary N) is 1. The van der Waals surface area contributed by atoms with Gasteiger partial charge in [-0.25, -0.2) is 0 Å². The number of halogens is 3. The van der Waals surface area contributed by atoms with Crippen LogP contribution in [0.3, 0.4) is 0 Å². The predicted octanol–water partition coefficient (Wildman–Crippen LogP) is 7.06. The lowest BCUT2D eigenvalue weighted by molar-refractivity contribution is 0.302. The summed E-state index contributed by atoms with van der Waals surface area (Å²) in [4.78, 5) is 0. The lowest BCUT2D eigenvalue weighted by Gasteiger charge is -2.16. The largest absolute Gasteiger partial charge is 0.487 e. The molecule has 0 radical (unpaired) electrons. The first-order valence-electron chi connectivity index (χ1n) is 8.56. The van der Waals surface area contributed by atoms with Crippen molar-refractivity contribution >= 4 is 44.3 Å². The maximum Gasteiger partial charge on any atom is 0.148 e. The molecule has 0 spiro atoms. The highest BCUT2D eigenvalue weighted by Gasteiger charge is 2.11. The van der Waals surface area contributed by atoms with Gasteiger partial charge < -0.3 is 10.1 Å². The molecule has 2 nitrogen and oxygen atoms in total. The minimum absolute atomic E-state index is 0. The molecule has 27 heavy (non-hydrogen) atoms. The van der Waals surface area contributed by atoms with E-state index < -0.39 is 0 Å². The van der Waals surface area contributed by atoms with Gasteiger partial charge in [-0.3, -0.25) is 0 Å². The molecular formula is C22H22Br2ClNO. The van der Waals surface area contributed by atoms with Crippen molar-refractivity contribution in [3.63, 3.8) is 0 Å². The molecule has 0 aromatic heterocycles. The molecule has 3 aromatic rings. The van der Waals surface area contributed by atoms with Crippen LogP contribution >= 0.6 is 44.3 Å². The minimum atomic E-state index is 0. The van der Waals surface area contributed by atoms with Crippen molar-refractivity contribution in [3.8, 4) is 5.75 Å². The van der Waals surface area contributed by atoms with Gasteiger partial charge in [0.15, 0.2) is 0 Å². The molecular weight excluding hydrogens is 490 g/mol. The van der Waals surface area contributed by atoms with E-state index >= 15 is 0 Å². The summed E-state index contributed by atoms with van der Waals surface area (Å²) in [6, 6.07) is 25.1. The Morgan fingerprint density at radius 1 is 0.852 bits per heavy atom. The normalized spacial score (nSPS) is 11.5. The average molecular weight is 512 g/mol. The molecule has 0 aliphatic heterocycles. The Balaban J connectivity index is 0.00000261. The molecule has 0 aliphatic rings. The van der Waals surface area contributed by atoms with Crippen molar-refractivity contribution in [1.82, 2.24) is 5.32 Å². The molecule has 3 rings (SSSR count). The molecule has 0 fully saturated rings. The maximum absolute atomic E-state index is 5.99. The van der Waals surface area contributed by atoms with Crippen LogP contribution in [0.25, 0.3) is 0 Å². The van der Waals surface area contributed by atoms with Gasteiger partial charge in [0.1, 0.15) is 12.4 Å². The van der Waals surface area contributed by atoms with Crippen LogP contribution in [0, 0.1) is 0 Å². The molecule has 1 unspecified atom stereocenters. The summed E-state index contributed by atoms with van der Waals surface area (Å²) in [6.45, 7) is 3.50. The van der Waals surface area contributed by atoms with Gasteiger partial charge in [-0.1, -0.05) is 60.7 Å². The molecule has 0 bridgehead atoms. The topological polar surface area (TPSA) is 21.3 Å². The molecule has 0 saturated carbocycles. The van der Waals surface area contributed by atoms with Crippen molar-refractivity contribution in [2.75, 3.05) is 0 Å². The molecule has 0 amide bonds. The summed E-state index contributed by atoms with van der Waals surface area (Å²) in [5, 5.41) is 3.56. The van der Waals surface area contributed by atoms with E-state index in [-0.39, 0.29) is 12.4 Å². The van der Waals surface area contributed by atoms with Gasteiger partial charge >= 0.3 is 0 Å². The first kappa shape index (κ1) is 22.0. The van der Waals surface area contributed by atoms with E-state index in [0.29, 0.717) is 12.6 Å². The zero-order chi connectivity index (χ0) is 18.4. The van der Waals surface area contributed by atoms with Crippen molar-refractivity contribution in [2.45, 2.75) is 26.1 Å². The molecule has 0 heterocycles. The molecule has 142 valence electrons. The monoisotopic (exact) mass is 509 g/mol. The molecule has 0 saturated heterocycles. The standard InChI is InChI=1S/C22H21Br2NO.ClH/c1-16(19-10-6-3-7-11-19)25-14-18-12-20(23)22(21(24)13-18)26-15-17-8-4-2-5-9-17;/h2-13,16,25H,14-15H2,1H3;1H. The third-order valence-corrected chi connectivity index (χ3v) is 5.37. The maximum atomic E-state index is 5.99. The Hall–Kier alpha value is -1.33. The summed E-state index contributed by atoms with van der Waals surface area (Å²) in [7, 11) is 0. The van der Waals surface area contributed by atoms with Crippen LogP contribution in [0.4, 0.5) is 0 Å². The van der Waals surface area contributed by atoms with Gasteiger partial charge in [0.2, 0.25) is 0 Å². The molecule has 0 aliphatic carbocycles. The van der Waals surface area contributed by atoms with Crippen molar-refractivity contribution in [2.24, 2.45) is 0 Å². The smallest absolute Gasteiger partial charge is 0.148 e. The Labute approximate surface area is 184 Å². The van der Waals surface area contributed by atoms with Crippen LogP contribution in [0.1, 0.15) is 29.7 Å². The second-order valence-electron chi connectivity index (χ2n) is 6.18. The lowest BCUT2D eigenvalue weighted by Crippen LogP contribution is -2.18. The fraction of sp³-hybridized carbons (Fsp3) is 0.182. The van der Waals surface area contributed by atoms with E-state index in [2.05, 4.69) is 92.6 Å². The Kier molecular flexibility index (Phi) is 8.84. The fourth-order valence-electron chi connectivity index (χ4n) is 2.71. The molecule has 3 aromatic carbocycles. The van der Waals surface area contributed by atoms with Gasteiger partial charge in [0.05, 0.1) is 8.95 Å². The van der Waals surface area contributed by atoms with Crippen molar-refractivity contribution in [3.05, 3.63) is 98.4 Å².